The van der Waals surface area contributed by atoms with Crippen LogP contribution in [-0.4, -0.2) is 92.8 Å². The van der Waals surface area contributed by atoms with E-state index in [0.717, 1.165) is 59.7 Å². The predicted molar refractivity (Wildman–Crippen MR) is 269 cm³/mol. The van der Waals surface area contributed by atoms with Crippen LogP contribution in [0.15, 0.2) is 104 Å². The SMILES string of the molecule is CC[C@H](C)[C@H](NC(=O)[C@H](CC1CCCCC1)NC(=O)[C@H](Cc1c[nH]c2ccccc12)NC(=O)[C@@H](N)CCCN)C(=O)N[C@H](Cc1ccccc1)C(=O)N[C@@H](Cc1cn(Cc2ccccc2)cn1)C(N)=O. The molecule has 0 aliphatic heterocycles. The van der Waals surface area contributed by atoms with Crippen molar-refractivity contribution >= 4 is 46.3 Å². The Hall–Kier alpha value is -6.85. The Kier molecular flexibility index (Phi) is 19.7. The van der Waals surface area contributed by atoms with Crippen molar-refractivity contribution in [3.05, 3.63) is 126 Å². The molecule has 1 fully saturated rings. The largest absolute Gasteiger partial charge is 0.368 e. The molecule has 5 aromatic rings. The van der Waals surface area contributed by atoms with Gasteiger partial charge in [-0.05, 0) is 60.4 Å². The van der Waals surface area contributed by atoms with E-state index in [1.54, 1.807) is 18.7 Å². The molecule has 6 rings (SSSR count). The first-order valence-corrected chi connectivity index (χ1v) is 24.7. The number of nitrogens with two attached hydrogens (primary N) is 3. The quantitative estimate of drug-likeness (QED) is 0.0392. The Morgan fingerprint density at radius 1 is 0.714 bits per heavy atom. The second-order valence-corrected chi connectivity index (χ2v) is 18.8. The summed E-state index contributed by atoms with van der Waals surface area (Å²) in [5, 5.41) is 15.4. The van der Waals surface area contributed by atoms with Gasteiger partial charge in [0.2, 0.25) is 35.4 Å². The lowest BCUT2D eigenvalue weighted by Crippen LogP contribution is -2.61. The number of H-pyrrole nitrogens is 1. The van der Waals surface area contributed by atoms with Gasteiger partial charge in [-0.2, -0.15) is 0 Å². The molecule has 6 amide bonds. The van der Waals surface area contributed by atoms with Gasteiger partial charge in [-0.1, -0.05) is 131 Å². The van der Waals surface area contributed by atoms with Gasteiger partial charge >= 0.3 is 0 Å². The number of rotatable bonds is 26. The Balaban J connectivity index is 1.21. The zero-order valence-electron chi connectivity index (χ0n) is 40.4. The first kappa shape index (κ1) is 52.5. The monoisotopic (exact) mass is 958 g/mol. The first-order valence-electron chi connectivity index (χ1n) is 24.7. The molecule has 374 valence electrons. The maximum Gasteiger partial charge on any atom is 0.243 e. The summed E-state index contributed by atoms with van der Waals surface area (Å²) in [6, 6.07) is 20.1. The lowest BCUT2D eigenvalue weighted by atomic mass is 9.84. The molecule has 7 atom stereocenters. The third-order valence-electron chi connectivity index (χ3n) is 13.4. The van der Waals surface area contributed by atoms with Crippen molar-refractivity contribution in [2.24, 2.45) is 29.0 Å². The summed E-state index contributed by atoms with van der Waals surface area (Å²) < 4.78 is 1.88. The molecule has 17 nitrogen and oxygen atoms in total. The standard InChI is InChI=1S/C53H71N11O6/c1-3-34(2)47(53(70)62-44(26-35-16-7-4-8-17-35)50(67)59-43(48(56)65)29-39-32-64(33-58-39)31-37-20-11-6-12-21-37)63-52(69)45(27-36-18-9-5-10-19-36)61-51(68)46(60-49(66)41(55)23-15-25-54)28-38-30-57-42-24-14-13-22-40(38)42/h4,6-8,11-14,16-17,20-22,24,30,32-34,36,41,43-47,57H,3,5,9-10,15,18-19,23,25-29,31,54-55H2,1-2H3,(H2,56,65)(H,59,67)(H,60,66)(H,61,68)(H,62,70)(H,63,69)/t34-,41-,43-,44+,45-,46-,47-/m0/s1. The number of imidazole rings is 1. The van der Waals surface area contributed by atoms with Crippen LogP contribution in [0.1, 0.15) is 94.0 Å². The fourth-order valence-electron chi connectivity index (χ4n) is 9.11. The smallest absolute Gasteiger partial charge is 0.243 e. The zero-order chi connectivity index (χ0) is 50.0. The van der Waals surface area contributed by atoms with Gasteiger partial charge in [-0.15, -0.1) is 0 Å². The van der Waals surface area contributed by atoms with E-state index < -0.39 is 77.6 Å². The average molecular weight is 958 g/mol. The van der Waals surface area contributed by atoms with Gasteiger partial charge in [-0.3, -0.25) is 28.8 Å². The Labute approximate surface area is 410 Å². The molecule has 12 N–H and O–H groups in total. The molecule has 0 spiro atoms. The van der Waals surface area contributed by atoms with E-state index in [1.807, 2.05) is 103 Å². The molecule has 3 aromatic carbocycles. The Bertz CT molecular complexity index is 2490. The van der Waals surface area contributed by atoms with Crippen LogP contribution in [0, 0.1) is 11.8 Å². The minimum atomic E-state index is -1.18. The van der Waals surface area contributed by atoms with Gasteiger partial charge in [0, 0.05) is 49.1 Å². The van der Waals surface area contributed by atoms with Crippen LogP contribution < -0.4 is 43.8 Å². The number of para-hydroxylation sites is 1. The van der Waals surface area contributed by atoms with E-state index in [4.69, 9.17) is 17.2 Å². The number of benzene rings is 3. The third kappa shape index (κ3) is 15.3. The number of carbonyl (C=O) groups excluding carboxylic acids is 6. The molecular weight excluding hydrogens is 887 g/mol. The number of aromatic amines is 1. The number of primary amides is 1. The first-order chi connectivity index (χ1) is 33.8. The minimum Gasteiger partial charge on any atom is -0.368 e. The lowest BCUT2D eigenvalue weighted by molar-refractivity contribution is -0.136. The van der Waals surface area contributed by atoms with Crippen LogP contribution in [-0.2, 0) is 54.6 Å². The minimum absolute atomic E-state index is 0.0158. The fourth-order valence-corrected chi connectivity index (χ4v) is 9.11. The summed E-state index contributed by atoms with van der Waals surface area (Å²) in [6.45, 7) is 4.63. The van der Waals surface area contributed by atoms with Crippen LogP contribution in [0.2, 0.25) is 0 Å². The molecule has 0 unspecified atom stereocenters. The maximum absolute atomic E-state index is 14.7. The molecule has 70 heavy (non-hydrogen) atoms. The van der Waals surface area contributed by atoms with Crippen molar-refractivity contribution in [1.82, 2.24) is 41.1 Å². The van der Waals surface area contributed by atoms with E-state index in [9.17, 15) is 28.8 Å². The highest BCUT2D eigenvalue weighted by atomic mass is 16.2. The van der Waals surface area contributed by atoms with E-state index in [1.165, 1.54) is 0 Å². The van der Waals surface area contributed by atoms with Gasteiger partial charge in [0.05, 0.1) is 18.1 Å². The molecule has 1 saturated carbocycles. The Morgan fingerprint density at radius 3 is 1.99 bits per heavy atom. The van der Waals surface area contributed by atoms with Crippen LogP contribution in [0.5, 0.6) is 0 Å². The van der Waals surface area contributed by atoms with Crippen molar-refractivity contribution in [2.75, 3.05) is 6.54 Å². The lowest BCUT2D eigenvalue weighted by Gasteiger charge is -2.31. The number of aromatic nitrogens is 3. The summed E-state index contributed by atoms with van der Waals surface area (Å²) in [5.74, 6) is -3.98. The van der Waals surface area contributed by atoms with Crippen molar-refractivity contribution in [1.29, 1.82) is 0 Å². The molecule has 0 saturated heterocycles. The van der Waals surface area contributed by atoms with Gasteiger partial charge in [0.15, 0.2) is 0 Å². The summed E-state index contributed by atoms with van der Waals surface area (Å²) in [7, 11) is 0. The van der Waals surface area contributed by atoms with E-state index in [2.05, 4.69) is 36.6 Å². The van der Waals surface area contributed by atoms with Crippen molar-refractivity contribution in [3.63, 3.8) is 0 Å². The van der Waals surface area contributed by atoms with E-state index in [0.29, 0.717) is 44.5 Å². The molecule has 0 bridgehead atoms. The van der Waals surface area contributed by atoms with Gasteiger partial charge in [-0.25, -0.2) is 4.98 Å². The average Bonchev–Trinajstić information content (AvgIpc) is 4.00. The fraction of sp³-hybridized carbons (Fsp3) is 0.453. The van der Waals surface area contributed by atoms with Gasteiger partial charge in [0.25, 0.3) is 0 Å². The maximum atomic E-state index is 14.7. The normalized spacial score (nSPS) is 15.9. The van der Waals surface area contributed by atoms with Crippen molar-refractivity contribution in [3.8, 4) is 0 Å². The number of amides is 6. The highest BCUT2D eigenvalue weighted by Crippen LogP contribution is 2.28. The Morgan fingerprint density at radius 2 is 1.31 bits per heavy atom. The molecule has 1 aliphatic rings. The number of fused-ring (bicyclic) bond motifs is 1. The molecule has 2 heterocycles. The molecular formula is C53H71N11O6. The summed E-state index contributed by atoms with van der Waals surface area (Å²) >= 11 is 0. The predicted octanol–water partition coefficient (Wildman–Crippen LogP) is 3.43. The molecule has 17 heteroatoms. The number of nitrogens with one attached hydrogen (secondary N) is 6. The van der Waals surface area contributed by atoms with Crippen LogP contribution in [0.25, 0.3) is 10.9 Å². The zero-order valence-corrected chi connectivity index (χ0v) is 40.4. The van der Waals surface area contributed by atoms with Crippen molar-refractivity contribution in [2.45, 2.75) is 134 Å². The number of carbonyl (C=O) groups is 6. The molecule has 1 aliphatic carbocycles. The topological polar surface area (TPSA) is 274 Å². The molecule has 0 radical (unpaired) electrons. The summed E-state index contributed by atoms with van der Waals surface area (Å²) in [5.41, 5.74) is 21.8. The van der Waals surface area contributed by atoms with Gasteiger partial charge in [0.1, 0.15) is 30.2 Å². The van der Waals surface area contributed by atoms with Crippen LogP contribution in [0.3, 0.4) is 0 Å². The van der Waals surface area contributed by atoms with Crippen LogP contribution in [0.4, 0.5) is 0 Å². The number of nitrogens with zero attached hydrogens (tertiary/aromatic N) is 2. The number of hydrogen-bond donors (Lipinski definition) is 9. The van der Waals surface area contributed by atoms with Crippen LogP contribution >= 0.6 is 0 Å². The summed E-state index contributed by atoms with van der Waals surface area (Å²) in [4.78, 5) is 92.0. The second-order valence-electron chi connectivity index (χ2n) is 18.8. The third-order valence-corrected chi connectivity index (χ3v) is 13.4. The van der Waals surface area contributed by atoms with E-state index in [-0.39, 0.29) is 25.2 Å². The summed E-state index contributed by atoms with van der Waals surface area (Å²) in [6.07, 6.45) is 11.9. The van der Waals surface area contributed by atoms with Crippen molar-refractivity contribution < 1.29 is 28.8 Å². The highest BCUT2D eigenvalue weighted by Gasteiger charge is 2.36. The van der Waals surface area contributed by atoms with Gasteiger partial charge < -0.3 is 53.3 Å². The van der Waals surface area contributed by atoms with E-state index >= 15 is 0 Å². The highest BCUT2D eigenvalue weighted by molar-refractivity contribution is 5.97. The molecule has 2 aromatic heterocycles. The second kappa shape index (κ2) is 26.2. The number of hydrogen-bond acceptors (Lipinski definition) is 9.